The SMILES string of the molecule is CN1C(=O)N(c2ccc([N+](=O)[O-])cc2)C2(CCN(C(=O)O)CC2Cc2ccccc2)C1=O. The molecule has 0 aromatic heterocycles. The van der Waals surface area contributed by atoms with E-state index in [-0.39, 0.29) is 25.2 Å². The predicted octanol–water partition coefficient (Wildman–Crippen LogP) is 2.97. The van der Waals surface area contributed by atoms with Crippen LogP contribution in [0.5, 0.6) is 0 Å². The average Bonchev–Trinajstić information content (AvgIpc) is 2.97. The molecule has 2 unspecified atom stereocenters. The van der Waals surface area contributed by atoms with E-state index in [1.54, 1.807) is 0 Å². The number of amides is 4. The normalized spacial score (nSPS) is 23.2. The lowest BCUT2D eigenvalue weighted by Crippen LogP contribution is -2.64. The zero-order valence-corrected chi connectivity index (χ0v) is 17.4. The minimum absolute atomic E-state index is 0.0839. The Morgan fingerprint density at radius 2 is 1.81 bits per heavy atom. The van der Waals surface area contributed by atoms with Crippen LogP contribution in [-0.4, -0.2) is 63.5 Å². The van der Waals surface area contributed by atoms with Crippen LogP contribution in [0.4, 0.5) is 21.0 Å². The summed E-state index contributed by atoms with van der Waals surface area (Å²) in [4.78, 5) is 52.6. The Morgan fingerprint density at radius 1 is 1.16 bits per heavy atom. The van der Waals surface area contributed by atoms with Gasteiger partial charge in [0.05, 0.1) is 4.92 Å². The zero-order valence-electron chi connectivity index (χ0n) is 17.4. The number of hydrogen-bond donors (Lipinski definition) is 1. The summed E-state index contributed by atoms with van der Waals surface area (Å²) in [5, 5.41) is 20.6. The number of carbonyl (C=O) groups is 3. The molecule has 2 saturated heterocycles. The number of likely N-dealkylation sites (N-methyl/N-ethyl adjacent to an activating group) is 1. The van der Waals surface area contributed by atoms with Crippen LogP contribution in [-0.2, 0) is 11.2 Å². The maximum atomic E-state index is 13.5. The lowest BCUT2D eigenvalue weighted by Gasteiger charge is -2.47. The molecule has 10 heteroatoms. The van der Waals surface area contributed by atoms with Crippen LogP contribution in [0.3, 0.4) is 0 Å². The van der Waals surface area contributed by atoms with Crippen molar-refractivity contribution >= 4 is 29.4 Å². The average molecular weight is 438 g/mol. The highest BCUT2D eigenvalue weighted by molar-refractivity contribution is 6.17. The molecule has 1 N–H and O–H groups in total. The van der Waals surface area contributed by atoms with E-state index in [0.29, 0.717) is 12.1 Å². The number of imide groups is 1. The third-order valence-electron chi connectivity index (χ3n) is 6.35. The summed E-state index contributed by atoms with van der Waals surface area (Å²) in [5.41, 5.74) is -0.137. The van der Waals surface area contributed by atoms with Crippen molar-refractivity contribution in [1.29, 1.82) is 0 Å². The first-order chi connectivity index (χ1) is 15.3. The topological polar surface area (TPSA) is 124 Å². The smallest absolute Gasteiger partial charge is 0.407 e. The van der Waals surface area contributed by atoms with Crippen LogP contribution in [0.1, 0.15) is 12.0 Å². The van der Waals surface area contributed by atoms with Gasteiger partial charge in [0.1, 0.15) is 5.54 Å². The fraction of sp³-hybridized carbons (Fsp3) is 0.318. The van der Waals surface area contributed by atoms with Gasteiger partial charge in [0, 0.05) is 43.9 Å². The number of carboxylic acid groups (broad SMARTS) is 1. The van der Waals surface area contributed by atoms with Gasteiger partial charge in [0.25, 0.3) is 11.6 Å². The molecule has 2 aliphatic rings. The lowest BCUT2D eigenvalue weighted by molar-refractivity contribution is -0.384. The number of carbonyl (C=O) groups excluding carboxylic acids is 2. The van der Waals surface area contributed by atoms with Crippen LogP contribution in [0.2, 0.25) is 0 Å². The zero-order chi connectivity index (χ0) is 23.0. The molecule has 32 heavy (non-hydrogen) atoms. The first kappa shape index (κ1) is 21.3. The molecule has 2 atom stereocenters. The van der Waals surface area contributed by atoms with Gasteiger partial charge in [-0.25, -0.2) is 9.59 Å². The maximum Gasteiger partial charge on any atom is 0.407 e. The van der Waals surface area contributed by atoms with Crippen molar-refractivity contribution in [3.63, 3.8) is 0 Å². The molecule has 4 amide bonds. The predicted molar refractivity (Wildman–Crippen MR) is 114 cm³/mol. The second kappa shape index (κ2) is 7.95. The highest BCUT2D eigenvalue weighted by Gasteiger charge is 2.62. The first-order valence-corrected chi connectivity index (χ1v) is 10.1. The van der Waals surface area contributed by atoms with Crippen LogP contribution < -0.4 is 4.90 Å². The summed E-state index contributed by atoms with van der Waals surface area (Å²) in [5.74, 6) is -0.904. The van der Waals surface area contributed by atoms with Crippen molar-refractivity contribution < 1.29 is 24.4 Å². The summed E-state index contributed by atoms with van der Waals surface area (Å²) in [6, 6.07) is 14.3. The minimum Gasteiger partial charge on any atom is -0.465 e. The van der Waals surface area contributed by atoms with Gasteiger partial charge in [-0.15, -0.1) is 0 Å². The molecule has 0 aliphatic carbocycles. The molecule has 0 radical (unpaired) electrons. The molecule has 4 rings (SSSR count). The third-order valence-corrected chi connectivity index (χ3v) is 6.35. The first-order valence-electron chi connectivity index (χ1n) is 10.1. The second-order valence-corrected chi connectivity index (χ2v) is 8.05. The number of piperidine rings is 1. The highest BCUT2D eigenvalue weighted by atomic mass is 16.6. The van der Waals surface area contributed by atoms with Crippen molar-refractivity contribution in [3.8, 4) is 0 Å². The van der Waals surface area contributed by atoms with E-state index < -0.39 is 34.4 Å². The van der Waals surface area contributed by atoms with Crippen molar-refractivity contribution in [3.05, 3.63) is 70.3 Å². The molecule has 0 saturated carbocycles. The van der Waals surface area contributed by atoms with Crippen LogP contribution in [0.15, 0.2) is 54.6 Å². The Bertz CT molecular complexity index is 1070. The Kier molecular flexibility index (Phi) is 5.29. The van der Waals surface area contributed by atoms with Crippen LogP contribution in [0, 0.1) is 16.0 Å². The van der Waals surface area contributed by atoms with Gasteiger partial charge in [0.2, 0.25) is 0 Å². The Balaban J connectivity index is 1.81. The van der Waals surface area contributed by atoms with E-state index in [1.165, 1.54) is 41.1 Å². The van der Waals surface area contributed by atoms with Crippen molar-refractivity contribution in [2.24, 2.45) is 5.92 Å². The number of urea groups is 1. The number of anilines is 1. The molecular formula is C22H22N4O6. The summed E-state index contributed by atoms with van der Waals surface area (Å²) in [6.07, 6.45) is -0.561. The monoisotopic (exact) mass is 438 g/mol. The summed E-state index contributed by atoms with van der Waals surface area (Å²) < 4.78 is 0. The molecule has 2 aliphatic heterocycles. The van der Waals surface area contributed by atoms with E-state index in [4.69, 9.17) is 0 Å². The number of hydrogen-bond acceptors (Lipinski definition) is 5. The molecule has 2 aromatic rings. The molecule has 0 bridgehead atoms. The van der Waals surface area contributed by atoms with E-state index in [0.717, 1.165) is 10.5 Å². The van der Waals surface area contributed by atoms with Gasteiger partial charge >= 0.3 is 12.1 Å². The molecule has 1 spiro atoms. The highest BCUT2D eigenvalue weighted by Crippen LogP contribution is 2.44. The van der Waals surface area contributed by atoms with E-state index in [2.05, 4.69) is 0 Å². The standard InChI is InChI=1S/C22H22N4O6/c1-23-19(27)22(25(20(23)28)17-7-9-18(10-8-17)26(31)32)11-12-24(21(29)30)14-16(22)13-15-5-3-2-4-6-15/h2-10,16H,11-14H2,1H3,(H,29,30). The van der Waals surface area contributed by atoms with Crippen molar-refractivity contribution in [1.82, 2.24) is 9.80 Å². The third kappa shape index (κ3) is 3.33. The Morgan fingerprint density at radius 3 is 2.41 bits per heavy atom. The number of nitrogens with zero attached hydrogens (tertiary/aromatic N) is 4. The van der Waals surface area contributed by atoms with Gasteiger partial charge in [0.15, 0.2) is 0 Å². The van der Waals surface area contributed by atoms with Gasteiger partial charge in [-0.05, 0) is 30.5 Å². The summed E-state index contributed by atoms with van der Waals surface area (Å²) >= 11 is 0. The van der Waals surface area contributed by atoms with E-state index >= 15 is 0 Å². The molecule has 166 valence electrons. The molecule has 2 aromatic carbocycles. The van der Waals surface area contributed by atoms with Gasteiger partial charge in [-0.2, -0.15) is 0 Å². The van der Waals surface area contributed by atoms with Gasteiger partial charge in [-0.3, -0.25) is 24.7 Å². The number of likely N-dealkylation sites (tertiary alicyclic amines) is 1. The molecule has 2 fully saturated rings. The largest absolute Gasteiger partial charge is 0.465 e. The van der Waals surface area contributed by atoms with E-state index in [9.17, 15) is 29.6 Å². The van der Waals surface area contributed by atoms with Crippen LogP contribution >= 0.6 is 0 Å². The quantitative estimate of drug-likeness (QED) is 0.445. The van der Waals surface area contributed by atoms with E-state index in [1.807, 2.05) is 30.3 Å². The summed E-state index contributed by atoms with van der Waals surface area (Å²) in [6.45, 7) is 0.178. The molecule has 2 heterocycles. The summed E-state index contributed by atoms with van der Waals surface area (Å²) in [7, 11) is 1.40. The fourth-order valence-corrected chi connectivity index (χ4v) is 4.76. The Hall–Kier alpha value is -3.95. The van der Waals surface area contributed by atoms with Crippen molar-refractivity contribution in [2.45, 2.75) is 18.4 Å². The Labute approximate surface area is 183 Å². The number of nitro groups is 1. The lowest BCUT2D eigenvalue weighted by atomic mass is 9.73. The number of non-ortho nitro benzene ring substituents is 1. The van der Waals surface area contributed by atoms with Crippen molar-refractivity contribution in [2.75, 3.05) is 25.0 Å². The second-order valence-electron chi connectivity index (χ2n) is 8.05. The van der Waals surface area contributed by atoms with Crippen LogP contribution in [0.25, 0.3) is 0 Å². The molecular weight excluding hydrogens is 416 g/mol. The van der Waals surface area contributed by atoms with Gasteiger partial charge in [-0.1, -0.05) is 30.3 Å². The maximum absolute atomic E-state index is 13.5. The fourth-order valence-electron chi connectivity index (χ4n) is 4.76. The minimum atomic E-state index is -1.29. The molecule has 10 nitrogen and oxygen atoms in total. The van der Waals surface area contributed by atoms with Gasteiger partial charge < -0.3 is 10.0 Å². The number of rotatable bonds is 4. The number of benzene rings is 2. The number of nitro benzene ring substituents is 1.